The number of anilines is 1. The Bertz CT molecular complexity index is 459. The predicted octanol–water partition coefficient (Wildman–Crippen LogP) is 1.26. The van der Waals surface area contributed by atoms with Gasteiger partial charge in [0.15, 0.2) is 0 Å². The quantitative estimate of drug-likeness (QED) is 0.465. The van der Waals surface area contributed by atoms with Crippen molar-refractivity contribution in [3.8, 4) is 0 Å². The van der Waals surface area contributed by atoms with Gasteiger partial charge < -0.3 is 14.9 Å². The van der Waals surface area contributed by atoms with Crippen LogP contribution >= 0.6 is 0 Å². The lowest BCUT2D eigenvalue weighted by Crippen LogP contribution is -2.32. The zero-order valence-corrected chi connectivity index (χ0v) is 10.3. The fourth-order valence-corrected chi connectivity index (χ4v) is 1.47. The van der Waals surface area contributed by atoms with Gasteiger partial charge in [-0.05, 0) is 32.0 Å². The summed E-state index contributed by atoms with van der Waals surface area (Å²) in [5.41, 5.74) is 0.533. The van der Waals surface area contributed by atoms with Crippen molar-refractivity contribution in [2.24, 2.45) is 5.84 Å². The van der Waals surface area contributed by atoms with Crippen LogP contribution in [0.2, 0.25) is 0 Å². The number of esters is 1. The minimum absolute atomic E-state index is 0.0232. The van der Waals surface area contributed by atoms with Gasteiger partial charge in [-0.15, -0.1) is 0 Å². The van der Waals surface area contributed by atoms with Crippen molar-refractivity contribution in [2.45, 2.75) is 13.8 Å². The molecule has 0 saturated heterocycles. The Morgan fingerprint density at radius 1 is 1.39 bits per heavy atom. The molecule has 3 N–H and O–H groups in total. The average Bonchev–Trinajstić information content (AvgIpc) is 2.37. The van der Waals surface area contributed by atoms with E-state index in [0.29, 0.717) is 12.2 Å². The summed E-state index contributed by atoms with van der Waals surface area (Å²) in [4.78, 5) is 22.7. The highest BCUT2D eigenvalue weighted by Crippen LogP contribution is 2.20. The molecule has 0 amide bonds. The van der Waals surface area contributed by atoms with Gasteiger partial charge >= 0.3 is 11.9 Å². The van der Waals surface area contributed by atoms with E-state index in [1.54, 1.807) is 13.8 Å². The molecular formula is C12H16N2O4. The molecule has 1 rings (SSSR count). The summed E-state index contributed by atoms with van der Waals surface area (Å²) in [6.07, 6.45) is 0. The number of carboxylic acid groups (broad SMARTS) is 1. The Kier molecular flexibility index (Phi) is 4.67. The SMILES string of the molecule is CCOC(=O)c1ccc(N(N)CC)c(C(=O)O)c1. The van der Waals surface area contributed by atoms with Gasteiger partial charge in [-0.3, -0.25) is 0 Å². The standard InChI is InChI=1S/C12H16N2O4/c1-3-14(13)10-6-5-8(12(17)18-4-2)7-9(10)11(15)16/h5-7H,3-4,13H2,1-2H3,(H,15,16). The van der Waals surface area contributed by atoms with Crippen LogP contribution in [0.25, 0.3) is 0 Å². The smallest absolute Gasteiger partial charge is 0.338 e. The van der Waals surface area contributed by atoms with E-state index in [-0.39, 0.29) is 17.7 Å². The number of hydrogen-bond donors (Lipinski definition) is 2. The van der Waals surface area contributed by atoms with Gasteiger partial charge in [0, 0.05) is 6.54 Å². The minimum atomic E-state index is -1.14. The highest BCUT2D eigenvalue weighted by molar-refractivity contribution is 5.98. The van der Waals surface area contributed by atoms with Gasteiger partial charge in [-0.1, -0.05) is 0 Å². The first-order chi connectivity index (χ1) is 8.51. The number of nitrogens with zero attached hydrogens (tertiary/aromatic N) is 1. The van der Waals surface area contributed by atoms with Crippen LogP contribution in [0.3, 0.4) is 0 Å². The Labute approximate surface area is 105 Å². The summed E-state index contributed by atoms with van der Waals surface area (Å²) >= 11 is 0. The zero-order chi connectivity index (χ0) is 13.7. The van der Waals surface area contributed by atoms with Crippen molar-refractivity contribution in [3.05, 3.63) is 29.3 Å². The maximum absolute atomic E-state index is 11.5. The van der Waals surface area contributed by atoms with E-state index in [4.69, 9.17) is 15.7 Å². The van der Waals surface area contributed by atoms with E-state index in [1.807, 2.05) is 0 Å². The number of benzene rings is 1. The lowest BCUT2D eigenvalue weighted by molar-refractivity contribution is 0.0526. The van der Waals surface area contributed by atoms with E-state index in [9.17, 15) is 9.59 Å². The van der Waals surface area contributed by atoms with Gasteiger partial charge in [0.05, 0.1) is 23.4 Å². The van der Waals surface area contributed by atoms with Crippen LogP contribution in [-0.2, 0) is 4.74 Å². The second-order valence-electron chi connectivity index (χ2n) is 3.54. The minimum Gasteiger partial charge on any atom is -0.478 e. The van der Waals surface area contributed by atoms with E-state index in [2.05, 4.69) is 0 Å². The molecule has 6 nitrogen and oxygen atoms in total. The van der Waals surface area contributed by atoms with Gasteiger partial charge in [0.2, 0.25) is 0 Å². The van der Waals surface area contributed by atoms with Crippen molar-refractivity contribution in [1.82, 2.24) is 0 Å². The van der Waals surface area contributed by atoms with Crippen LogP contribution in [0.4, 0.5) is 5.69 Å². The maximum atomic E-state index is 11.5. The monoisotopic (exact) mass is 252 g/mol. The molecule has 1 aromatic carbocycles. The first-order valence-electron chi connectivity index (χ1n) is 5.57. The molecule has 1 aromatic rings. The van der Waals surface area contributed by atoms with E-state index >= 15 is 0 Å². The van der Waals surface area contributed by atoms with Gasteiger partial charge in [-0.25, -0.2) is 15.4 Å². The molecule has 0 radical (unpaired) electrons. The second kappa shape index (κ2) is 6.02. The van der Waals surface area contributed by atoms with E-state index in [1.165, 1.54) is 23.2 Å². The van der Waals surface area contributed by atoms with Crippen molar-refractivity contribution in [1.29, 1.82) is 0 Å². The Hall–Kier alpha value is -2.08. The number of hydrazine groups is 1. The zero-order valence-electron chi connectivity index (χ0n) is 10.3. The molecule has 0 atom stereocenters. The number of carbonyl (C=O) groups excluding carboxylic acids is 1. The molecule has 0 aliphatic rings. The topological polar surface area (TPSA) is 92.9 Å². The molecule has 0 unspecified atom stereocenters. The molecule has 0 bridgehead atoms. The maximum Gasteiger partial charge on any atom is 0.338 e. The molecule has 98 valence electrons. The summed E-state index contributed by atoms with van der Waals surface area (Å²) in [5, 5.41) is 10.4. The Morgan fingerprint density at radius 2 is 2.06 bits per heavy atom. The van der Waals surface area contributed by atoms with Crippen LogP contribution in [0.15, 0.2) is 18.2 Å². The highest BCUT2D eigenvalue weighted by Gasteiger charge is 2.17. The molecule has 18 heavy (non-hydrogen) atoms. The molecule has 0 saturated carbocycles. The fourth-order valence-electron chi connectivity index (χ4n) is 1.47. The molecule has 0 spiro atoms. The largest absolute Gasteiger partial charge is 0.478 e. The van der Waals surface area contributed by atoms with Crippen molar-refractivity contribution in [2.75, 3.05) is 18.2 Å². The summed E-state index contributed by atoms with van der Waals surface area (Å²) in [7, 11) is 0. The number of nitrogens with two attached hydrogens (primary N) is 1. The predicted molar refractivity (Wildman–Crippen MR) is 66.6 cm³/mol. The lowest BCUT2D eigenvalue weighted by atomic mass is 10.1. The third-order valence-electron chi connectivity index (χ3n) is 2.39. The van der Waals surface area contributed by atoms with Crippen LogP contribution in [0, 0.1) is 0 Å². The molecule has 0 aromatic heterocycles. The van der Waals surface area contributed by atoms with Crippen LogP contribution < -0.4 is 10.9 Å². The molecule has 0 heterocycles. The molecule has 6 heteroatoms. The van der Waals surface area contributed by atoms with Crippen LogP contribution in [0.5, 0.6) is 0 Å². The first kappa shape index (κ1) is 14.0. The van der Waals surface area contributed by atoms with E-state index < -0.39 is 11.9 Å². The van der Waals surface area contributed by atoms with Crippen LogP contribution in [-0.4, -0.2) is 30.2 Å². The van der Waals surface area contributed by atoms with Crippen LogP contribution in [0.1, 0.15) is 34.6 Å². The van der Waals surface area contributed by atoms with Gasteiger partial charge in [-0.2, -0.15) is 0 Å². The second-order valence-corrected chi connectivity index (χ2v) is 3.54. The highest BCUT2D eigenvalue weighted by atomic mass is 16.5. The molecule has 0 aliphatic carbocycles. The fraction of sp³-hybridized carbons (Fsp3) is 0.333. The van der Waals surface area contributed by atoms with E-state index in [0.717, 1.165) is 0 Å². The van der Waals surface area contributed by atoms with Crippen molar-refractivity contribution >= 4 is 17.6 Å². The Morgan fingerprint density at radius 3 is 2.56 bits per heavy atom. The summed E-state index contributed by atoms with van der Waals surface area (Å²) in [6, 6.07) is 4.26. The van der Waals surface area contributed by atoms with Gasteiger partial charge in [0.25, 0.3) is 0 Å². The summed E-state index contributed by atoms with van der Waals surface area (Å²) in [6.45, 7) is 4.17. The van der Waals surface area contributed by atoms with Crippen molar-refractivity contribution < 1.29 is 19.4 Å². The molecule has 0 fully saturated rings. The number of carbonyl (C=O) groups is 2. The third kappa shape index (κ3) is 2.98. The number of aromatic carboxylic acids is 1. The molecular weight excluding hydrogens is 236 g/mol. The van der Waals surface area contributed by atoms with Gasteiger partial charge in [0.1, 0.15) is 0 Å². The number of rotatable bonds is 5. The summed E-state index contributed by atoms with van der Waals surface area (Å²) in [5.74, 6) is 3.98. The Balaban J connectivity index is 3.19. The average molecular weight is 252 g/mol. The third-order valence-corrected chi connectivity index (χ3v) is 2.39. The molecule has 0 aliphatic heterocycles. The lowest BCUT2D eigenvalue weighted by Gasteiger charge is -2.18. The summed E-state index contributed by atoms with van der Waals surface area (Å²) < 4.78 is 4.81. The normalized spacial score (nSPS) is 9.94. The van der Waals surface area contributed by atoms with Crippen molar-refractivity contribution in [3.63, 3.8) is 0 Å². The number of hydrogen-bond acceptors (Lipinski definition) is 5. The first-order valence-corrected chi connectivity index (χ1v) is 5.57. The number of ether oxygens (including phenoxy) is 1. The number of carboxylic acids is 1.